The number of methoxy groups -OCH3 is 2. The zero-order chi connectivity index (χ0) is 8.97. The van der Waals surface area contributed by atoms with Gasteiger partial charge in [0, 0.05) is 10.8 Å². The highest BCUT2D eigenvalue weighted by Crippen LogP contribution is 2.14. The fourth-order valence-electron chi connectivity index (χ4n) is 0.831. The first-order chi connectivity index (χ1) is 5.80. The minimum absolute atomic E-state index is 0.691. The maximum atomic E-state index is 5.02. The van der Waals surface area contributed by atoms with Crippen molar-refractivity contribution in [2.24, 2.45) is 0 Å². The van der Waals surface area contributed by atoms with E-state index in [-0.39, 0.29) is 0 Å². The largest absolute Gasteiger partial charge is 0.491 e. The molecule has 4 nitrogen and oxygen atoms in total. The van der Waals surface area contributed by atoms with Crippen LogP contribution in [0.5, 0.6) is 11.5 Å². The molecule has 0 atom stereocenters. The molecule has 12 heavy (non-hydrogen) atoms. The van der Waals surface area contributed by atoms with Crippen molar-refractivity contribution in [3.8, 4) is 11.5 Å². The van der Waals surface area contributed by atoms with Crippen LogP contribution in [-0.4, -0.2) is 21.3 Å². The number of hydrogen-bond acceptors (Lipinski definition) is 3. The van der Waals surface area contributed by atoms with Crippen LogP contribution in [0.2, 0.25) is 0 Å². The Kier molecular flexibility index (Phi) is 2.74. The van der Waals surface area contributed by atoms with Gasteiger partial charge in [0.1, 0.15) is 7.11 Å². The molecule has 0 aliphatic heterocycles. The molecule has 0 spiro atoms. The number of nitrogens with zero attached hydrogens (tertiary/aromatic N) is 1. The zero-order valence-corrected chi connectivity index (χ0v) is 7.40. The summed E-state index contributed by atoms with van der Waals surface area (Å²) in [7, 11) is 4.75. The van der Waals surface area contributed by atoms with Crippen molar-refractivity contribution >= 4 is 0 Å². The van der Waals surface area contributed by atoms with E-state index in [0.29, 0.717) is 11.5 Å². The predicted molar refractivity (Wildman–Crippen MR) is 42.2 cm³/mol. The van der Waals surface area contributed by atoms with E-state index in [2.05, 4.69) is 0 Å². The maximum Gasteiger partial charge on any atom is 0.264 e. The predicted octanol–water partition coefficient (Wildman–Crippen LogP) is 0.0497. The van der Waals surface area contributed by atoms with E-state index in [1.807, 2.05) is 0 Å². The Morgan fingerprint density at radius 1 is 1.00 bits per heavy atom. The first-order valence-corrected chi connectivity index (χ1v) is 3.49. The molecule has 66 valence electrons. The standard InChI is InChI=1S/C8H12NO3/c1-10-7-4-8(11-2)6-9(5-7)12-3/h4-6H,1-3H3/q+1. The molecule has 0 unspecified atom stereocenters. The van der Waals surface area contributed by atoms with Crippen molar-refractivity contribution in [2.45, 2.75) is 0 Å². The van der Waals surface area contributed by atoms with Gasteiger partial charge in [-0.15, -0.1) is 0 Å². The average molecular weight is 170 g/mol. The van der Waals surface area contributed by atoms with Gasteiger partial charge in [0.2, 0.25) is 0 Å². The van der Waals surface area contributed by atoms with Gasteiger partial charge in [-0.25, -0.2) is 0 Å². The summed E-state index contributed by atoms with van der Waals surface area (Å²) >= 11 is 0. The molecule has 1 rings (SSSR count). The van der Waals surface area contributed by atoms with Crippen LogP contribution in [0.1, 0.15) is 0 Å². The summed E-state index contributed by atoms with van der Waals surface area (Å²) in [4.78, 5) is 4.96. The SMILES string of the molecule is COc1cc(OC)c[n+](OC)c1. The first kappa shape index (κ1) is 8.64. The van der Waals surface area contributed by atoms with Crippen LogP contribution < -0.4 is 19.0 Å². The molecular formula is C8H12NO3+. The molecule has 0 N–H and O–H groups in total. The Balaban J connectivity index is 3.01. The van der Waals surface area contributed by atoms with E-state index >= 15 is 0 Å². The van der Waals surface area contributed by atoms with Gasteiger partial charge >= 0.3 is 0 Å². The van der Waals surface area contributed by atoms with Crippen LogP contribution >= 0.6 is 0 Å². The van der Waals surface area contributed by atoms with E-state index in [1.165, 1.54) is 4.73 Å². The lowest BCUT2D eigenvalue weighted by molar-refractivity contribution is -0.885. The maximum absolute atomic E-state index is 5.02. The molecule has 1 aromatic rings. The van der Waals surface area contributed by atoms with E-state index in [9.17, 15) is 0 Å². The molecule has 0 saturated carbocycles. The van der Waals surface area contributed by atoms with Crippen LogP contribution in [0.25, 0.3) is 0 Å². The van der Waals surface area contributed by atoms with E-state index in [4.69, 9.17) is 14.3 Å². The van der Waals surface area contributed by atoms with Crippen molar-refractivity contribution in [1.82, 2.24) is 0 Å². The van der Waals surface area contributed by atoms with Crippen LogP contribution in [0.3, 0.4) is 0 Å². The third kappa shape index (κ3) is 1.78. The highest BCUT2D eigenvalue weighted by Gasteiger charge is 2.07. The van der Waals surface area contributed by atoms with E-state index < -0.39 is 0 Å². The number of rotatable bonds is 3. The van der Waals surface area contributed by atoms with Crippen molar-refractivity contribution in [2.75, 3.05) is 21.3 Å². The summed E-state index contributed by atoms with van der Waals surface area (Å²) < 4.78 is 11.5. The summed E-state index contributed by atoms with van der Waals surface area (Å²) in [5.41, 5.74) is 0. The van der Waals surface area contributed by atoms with Crippen LogP contribution in [0.4, 0.5) is 0 Å². The van der Waals surface area contributed by atoms with Gasteiger partial charge in [0.25, 0.3) is 12.4 Å². The third-order valence-electron chi connectivity index (χ3n) is 1.48. The number of ether oxygens (including phenoxy) is 2. The second kappa shape index (κ2) is 3.80. The molecule has 0 amide bonds. The molecule has 0 aromatic carbocycles. The molecular weight excluding hydrogens is 158 g/mol. The van der Waals surface area contributed by atoms with E-state index in [1.54, 1.807) is 39.8 Å². The monoisotopic (exact) mass is 170 g/mol. The fourth-order valence-corrected chi connectivity index (χ4v) is 0.831. The molecule has 1 heterocycles. The van der Waals surface area contributed by atoms with Gasteiger partial charge in [-0.3, -0.25) is 4.84 Å². The van der Waals surface area contributed by atoms with Gasteiger partial charge in [-0.1, -0.05) is 0 Å². The Morgan fingerprint density at radius 2 is 1.50 bits per heavy atom. The number of aromatic nitrogens is 1. The van der Waals surface area contributed by atoms with Crippen molar-refractivity contribution in [3.63, 3.8) is 0 Å². The summed E-state index contributed by atoms with van der Waals surface area (Å²) in [6.45, 7) is 0. The Hall–Kier alpha value is -1.45. The van der Waals surface area contributed by atoms with Crippen LogP contribution in [0.15, 0.2) is 18.5 Å². The quantitative estimate of drug-likeness (QED) is 0.601. The fraction of sp³-hybridized carbons (Fsp3) is 0.375. The number of pyridine rings is 1. The average Bonchev–Trinajstić information content (AvgIpc) is 2.16. The van der Waals surface area contributed by atoms with Gasteiger partial charge in [-0.2, -0.15) is 0 Å². The topological polar surface area (TPSA) is 31.6 Å². The summed E-state index contributed by atoms with van der Waals surface area (Å²) in [6.07, 6.45) is 3.42. The normalized spacial score (nSPS) is 9.25. The minimum atomic E-state index is 0.691. The second-order valence-corrected chi connectivity index (χ2v) is 2.16. The smallest absolute Gasteiger partial charge is 0.264 e. The Bertz CT molecular complexity index is 207. The molecule has 0 radical (unpaired) electrons. The van der Waals surface area contributed by atoms with Gasteiger partial charge in [0.15, 0.2) is 11.5 Å². The third-order valence-corrected chi connectivity index (χ3v) is 1.48. The lowest BCUT2D eigenvalue weighted by Gasteiger charge is -2.00. The van der Waals surface area contributed by atoms with Crippen LogP contribution in [-0.2, 0) is 0 Å². The molecule has 0 fully saturated rings. The summed E-state index contributed by atoms with van der Waals surface area (Å²) in [5, 5.41) is 0. The van der Waals surface area contributed by atoms with E-state index in [0.717, 1.165) is 0 Å². The van der Waals surface area contributed by atoms with Crippen molar-refractivity contribution in [3.05, 3.63) is 18.5 Å². The second-order valence-electron chi connectivity index (χ2n) is 2.16. The molecule has 0 aliphatic carbocycles. The Morgan fingerprint density at radius 3 is 1.83 bits per heavy atom. The first-order valence-electron chi connectivity index (χ1n) is 3.49. The summed E-state index contributed by atoms with van der Waals surface area (Å²) in [6, 6.07) is 1.77. The van der Waals surface area contributed by atoms with Gasteiger partial charge < -0.3 is 9.47 Å². The highest BCUT2D eigenvalue weighted by molar-refractivity contribution is 5.25. The number of hydrogen-bond donors (Lipinski definition) is 0. The molecule has 4 heteroatoms. The van der Waals surface area contributed by atoms with Crippen molar-refractivity contribution < 1.29 is 19.0 Å². The molecule has 1 aromatic heterocycles. The summed E-state index contributed by atoms with van der Waals surface area (Å²) in [5.74, 6) is 1.38. The minimum Gasteiger partial charge on any atom is -0.491 e. The van der Waals surface area contributed by atoms with Crippen molar-refractivity contribution in [1.29, 1.82) is 0 Å². The van der Waals surface area contributed by atoms with Crippen LogP contribution in [0, 0.1) is 0 Å². The van der Waals surface area contributed by atoms with Gasteiger partial charge in [-0.05, 0) is 0 Å². The molecule has 0 bridgehead atoms. The zero-order valence-electron chi connectivity index (χ0n) is 7.40. The Labute approximate surface area is 71.3 Å². The highest BCUT2D eigenvalue weighted by atomic mass is 16.6. The molecule has 0 saturated heterocycles. The lowest BCUT2D eigenvalue weighted by atomic mass is 10.4. The lowest BCUT2D eigenvalue weighted by Crippen LogP contribution is -2.39. The molecule has 0 aliphatic rings. The van der Waals surface area contributed by atoms with Gasteiger partial charge in [0.05, 0.1) is 14.2 Å².